The number of benzene rings is 1. The molecule has 6 rings (SSSR count). The molecule has 1 spiro atoms. The number of carbonyl (C=O) groups is 1. The van der Waals surface area contributed by atoms with Gasteiger partial charge in [-0.3, -0.25) is 14.4 Å². The first kappa shape index (κ1) is 25.4. The summed E-state index contributed by atoms with van der Waals surface area (Å²) in [5.41, 5.74) is 5.09. The minimum Gasteiger partial charge on any atom is -0.350 e. The third kappa shape index (κ3) is 4.40. The van der Waals surface area contributed by atoms with Crippen molar-refractivity contribution in [1.29, 1.82) is 0 Å². The molecule has 2 aromatic heterocycles. The van der Waals surface area contributed by atoms with E-state index in [1.54, 1.807) is 11.3 Å². The molecular formula is C29H37N7OS. The molecule has 3 aromatic rings. The molecule has 1 N–H and O–H groups in total. The summed E-state index contributed by atoms with van der Waals surface area (Å²) >= 11 is 1.77. The average Bonchev–Trinajstić information content (AvgIpc) is 3.33. The minimum absolute atomic E-state index is 0.0863. The van der Waals surface area contributed by atoms with Gasteiger partial charge in [0, 0.05) is 55.0 Å². The van der Waals surface area contributed by atoms with E-state index in [1.165, 1.54) is 16.0 Å². The lowest BCUT2D eigenvalue weighted by molar-refractivity contribution is -0.121. The number of hydrogen-bond donors (Lipinski definition) is 1. The number of nitrogens with zero attached hydrogens (tertiary/aromatic N) is 6. The number of aromatic nitrogens is 3. The highest BCUT2D eigenvalue weighted by molar-refractivity contribution is 7.15. The maximum Gasteiger partial charge on any atom is 0.220 e. The van der Waals surface area contributed by atoms with Gasteiger partial charge < -0.3 is 15.1 Å². The number of rotatable bonds is 6. The number of carbonyl (C=O) groups excluding carboxylic acids is 1. The molecule has 4 heterocycles. The van der Waals surface area contributed by atoms with Crippen LogP contribution >= 0.6 is 11.3 Å². The number of piperazine rings is 1. The monoisotopic (exact) mass is 531 g/mol. The molecule has 1 saturated carbocycles. The third-order valence-corrected chi connectivity index (χ3v) is 9.59. The van der Waals surface area contributed by atoms with Crippen molar-refractivity contribution >= 4 is 23.0 Å². The van der Waals surface area contributed by atoms with E-state index < -0.39 is 5.54 Å². The van der Waals surface area contributed by atoms with Crippen LogP contribution in [-0.4, -0.2) is 82.0 Å². The lowest BCUT2D eigenvalue weighted by Crippen LogP contribution is -2.44. The fraction of sp³-hybridized carbons (Fsp3) is 0.517. The number of fused-ring (bicyclic) bond motifs is 4. The Bertz CT molecular complexity index is 1400. The Morgan fingerprint density at radius 3 is 2.55 bits per heavy atom. The Morgan fingerprint density at radius 1 is 1.08 bits per heavy atom. The van der Waals surface area contributed by atoms with Crippen LogP contribution in [0.25, 0.3) is 5.00 Å². The van der Waals surface area contributed by atoms with Gasteiger partial charge in [-0.15, -0.1) is 21.5 Å². The molecular weight excluding hydrogens is 494 g/mol. The first-order valence-corrected chi connectivity index (χ1v) is 14.5. The zero-order chi connectivity index (χ0) is 26.6. The number of likely N-dealkylation sites (N-methyl/N-ethyl adjacent to an activating group) is 1. The third-order valence-electron chi connectivity index (χ3n) is 8.40. The van der Waals surface area contributed by atoms with Gasteiger partial charge in [-0.05, 0) is 53.3 Å². The second-order valence-electron chi connectivity index (χ2n) is 11.2. The van der Waals surface area contributed by atoms with Crippen LogP contribution in [0, 0.1) is 27.7 Å². The summed E-state index contributed by atoms with van der Waals surface area (Å²) in [6.07, 6.45) is 2.14. The Kier molecular flexibility index (Phi) is 6.48. The van der Waals surface area contributed by atoms with Crippen LogP contribution in [0.2, 0.25) is 0 Å². The van der Waals surface area contributed by atoms with E-state index in [1.807, 2.05) is 6.92 Å². The summed E-state index contributed by atoms with van der Waals surface area (Å²) < 4.78 is 2.18. The Morgan fingerprint density at radius 2 is 1.82 bits per heavy atom. The zero-order valence-electron chi connectivity index (χ0n) is 23.0. The fourth-order valence-corrected chi connectivity index (χ4v) is 6.96. The molecule has 2 aliphatic heterocycles. The Hall–Kier alpha value is -2.88. The summed E-state index contributed by atoms with van der Waals surface area (Å²) in [7, 11) is 2.17. The predicted octanol–water partition coefficient (Wildman–Crippen LogP) is 3.52. The second kappa shape index (κ2) is 9.70. The SMILES string of the molecule is Cc1ccc(C2=NC3(C[C@@H]3NC(=O)CCCN3CCN(C)CC3)c3nnc(C)n3-c3sc(C)c(C)c32)cc1. The van der Waals surface area contributed by atoms with Crippen LogP contribution in [0.4, 0.5) is 0 Å². The number of thiophene rings is 1. The molecule has 2 atom stereocenters. The van der Waals surface area contributed by atoms with Crippen LogP contribution in [0.3, 0.4) is 0 Å². The lowest BCUT2D eigenvalue weighted by atomic mass is 9.99. The molecule has 3 aliphatic rings. The quantitative estimate of drug-likeness (QED) is 0.527. The molecule has 2 fully saturated rings. The highest BCUT2D eigenvalue weighted by Gasteiger charge is 2.61. The van der Waals surface area contributed by atoms with E-state index in [-0.39, 0.29) is 11.9 Å². The summed E-state index contributed by atoms with van der Waals surface area (Å²) in [4.78, 5) is 24.6. The predicted molar refractivity (Wildman–Crippen MR) is 152 cm³/mol. The molecule has 9 heteroatoms. The largest absolute Gasteiger partial charge is 0.350 e. The molecule has 1 aromatic carbocycles. The van der Waals surface area contributed by atoms with Gasteiger partial charge in [-0.1, -0.05) is 29.8 Å². The average molecular weight is 532 g/mol. The maximum absolute atomic E-state index is 13.0. The van der Waals surface area contributed by atoms with E-state index in [4.69, 9.17) is 4.99 Å². The summed E-state index contributed by atoms with van der Waals surface area (Å²) in [5, 5.41) is 13.6. The van der Waals surface area contributed by atoms with Crippen LogP contribution in [0.5, 0.6) is 0 Å². The zero-order valence-corrected chi connectivity index (χ0v) is 23.9. The highest BCUT2D eigenvalue weighted by Crippen LogP contribution is 2.53. The summed E-state index contributed by atoms with van der Waals surface area (Å²) in [5.74, 6) is 1.79. The van der Waals surface area contributed by atoms with Gasteiger partial charge in [-0.2, -0.15) is 0 Å². The van der Waals surface area contributed by atoms with Gasteiger partial charge in [0.15, 0.2) is 5.82 Å². The molecule has 0 bridgehead atoms. The maximum atomic E-state index is 13.0. The van der Waals surface area contributed by atoms with Gasteiger partial charge in [0.25, 0.3) is 0 Å². The number of hydrogen-bond acceptors (Lipinski definition) is 7. The van der Waals surface area contributed by atoms with Crippen molar-refractivity contribution in [3.8, 4) is 5.00 Å². The molecule has 0 radical (unpaired) electrons. The number of aryl methyl sites for hydroxylation is 3. The topological polar surface area (TPSA) is 78.7 Å². The van der Waals surface area contributed by atoms with Crippen molar-refractivity contribution in [2.45, 2.75) is 58.5 Å². The van der Waals surface area contributed by atoms with Gasteiger partial charge >= 0.3 is 0 Å². The molecule has 1 unspecified atom stereocenters. The molecule has 1 amide bonds. The minimum atomic E-state index is -0.603. The second-order valence-corrected chi connectivity index (χ2v) is 12.4. The van der Waals surface area contributed by atoms with Crippen LogP contribution in [0.1, 0.15) is 58.0 Å². The van der Waals surface area contributed by atoms with Crippen molar-refractivity contribution in [2.75, 3.05) is 39.8 Å². The van der Waals surface area contributed by atoms with Gasteiger partial charge in [0.1, 0.15) is 16.4 Å². The Labute approximate surface area is 228 Å². The van der Waals surface area contributed by atoms with Crippen molar-refractivity contribution < 1.29 is 4.79 Å². The molecule has 1 aliphatic carbocycles. The van der Waals surface area contributed by atoms with E-state index in [0.717, 1.165) is 79.1 Å². The van der Waals surface area contributed by atoms with Crippen LogP contribution < -0.4 is 5.32 Å². The Balaban J connectivity index is 1.28. The van der Waals surface area contributed by atoms with Gasteiger partial charge in [0.05, 0.1) is 11.8 Å². The normalized spacial score (nSPS) is 23.1. The summed E-state index contributed by atoms with van der Waals surface area (Å²) in [6.45, 7) is 13.8. The van der Waals surface area contributed by atoms with Crippen molar-refractivity contribution in [2.24, 2.45) is 4.99 Å². The first-order chi connectivity index (χ1) is 18.3. The van der Waals surface area contributed by atoms with Crippen molar-refractivity contribution in [3.05, 3.63) is 63.0 Å². The highest BCUT2D eigenvalue weighted by atomic mass is 32.1. The lowest BCUT2D eigenvalue weighted by Gasteiger charge is -2.32. The number of amides is 1. The molecule has 38 heavy (non-hydrogen) atoms. The van der Waals surface area contributed by atoms with E-state index in [9.17, 15) is 4.79 Å². The summed E-state index contributed by atoms with van der Waals surface area (Å²) in [6, 6.07) is 8.51. The smallest absolute Gasteiger partial charge is 0.220 e. The van der Waals surface area contributed by atoms with Gasteiger partial charge in [-0.25, -0.2) is 0 Å². The van der Waals surface area contributed by atoms with E-state index in [0.29, 0.717) is 6.42 Å². The van der Waals surface area contributed by atoms with Crippen LogP contribution in [0.15, 0.2) is 29.3 Å². The molecule has 200 valence electrons. The van der Waals surface area contributed by atoms with Crippen molar-refractivity contribution in [3.63, 3.8) is 0 Å². The molecule has 8 nitrogen and oxygen atoms in total. The van der Waals surface area contributed by atoms with Crippen LogP contribution in [-0.2, 0) is 10.3 Å². The fourth-order valence-electron chi connectivity index (χ4n) is 5.75. The van der Waals surface area contributed by atoms with E-state index in [2.05, 4.69) is 82.0 Å². The van der Waals surface area contributed by atoms with Gasteiger partial charge in [0.2, 0.25) is 5.91 Å². The molecule has 1 saturated heterocycles. The number of aliphatic imine (C=N–C) groups is 1. The van der Waals surface area contributed by atoms with Crippen molar-refractivity contribution in [1.82, 2.24) is 29.9 Å². The number of nitrogens with one attached hydrogen (secondary N) is 1. The standard InChI is InChI=1S/C29H37N7OS/c1-18-8-10-22(11-9-18)26-25-19(2)20(3)38-27(25)36-21(4)32-33-28(36)29(31-26)17-23(29)30-24(37)7-6-12-35-15-13-34(5)14-16-35/h8-11,23H,6-7,12-17H2,1-5H3,(H,30,37)/t23-,29?/m0/s1. The first-order valence-electron chi connectivity index (χ1n) is 13.7. The van der Waals surface area contributed by atoms with E-state index >= 15 is 0 Å².